The topological polar surface area (TPSA) is 75.2 Å². The number of rotatable bonds is 6. The van der Waals surface area contributed by atoms with Gasteiger partial charge in [0.05, 0.1) is 6.20 Å². The molecule has 8 heteroatoms. The fourth-order valence-corrected chi connectivity index (χ4v) is 3.68. The highest BCUT2D eigenvalue weighted by atomic mass is 35.5. The van der Waals surface area contributed by atoms with Crippen molar-refractivity contribution >= 4 is 34.8 Å². The Bertz CT molecular complexity index is 1300. The first-order valence-electron chi connectivity index (χ1n) is 10.4. The smallest absolute Gasteiger partial charge is 0.279 e. The van der Waals surface area contributed by atoms with Crippen molar-refractivity contribution in [1.29, 1.82) is 0 Å². The second-order valence-electron chi connectivity index (χ2n) is 7.50. The average Bonchev–Trinajstić information content (AvgIpc) is 2.85. The van der Waals surface area contributed by atoms with Gasteiger partial charge in [-0.1, -0.05) is 35.9 Å². The molecule has 4 rings (SSSR count). The largest absolute Gasteiger partial charge is 0.324 e. The van der Waals surface area contributed by atoms with Gasteiger partial charge in [0.2, 0.25) is 0 Å². The van der Waals surface area contributed by atoms with Crippen LogP contribution in [0.5, 0.6) is 0 Å². The van der Waals surface area contributed by atoms with Crippen LogP contribution in [0.3, 0.4) is 0 Å². The molecule has 0 aliphatic carbocycles. The van der Waals surface area contributed by atoms with Crippen molar-refractivity contribution in [3.63, 3.8) is 0 Å². The first-order chi connectivity index (χ1) is 16.4. The van der Waals surface area contributed by atoms with Gasteiger partial charge in [-0.3, -0.25) is 19.5 Å². The van der Waals surface area contributed by atoms with E-state index >= 15 is 0 Å². The van der Waals surface area contributed by atoms with Gasteiger partial charge in [0.25, 0.3) is 11.8 Å². The first kappa shape index (κ1) is 23.1. The molecule has 1 N–H and O–H groups in total. The number of hydrogen-bond donors (Lipinski definition) is 1. The third-order valence-corrected chi connectivity index (χ3v) is 5.46. The van der Waals surface area contributed by atoms with E-state index in [1.54, 1.807) is 36.4 Å². The van der Waals surface area contributed by atoms with Crippen LogP contribution in [-0.4, -0.2) is 21.8 Å². The third kappa shape index (κ3) is 5.10. The minimum Gasteiger partial charge on any atom is -0.324 e. The summed E-state index contributed by atoms with van der Waals surface area (Å²) in [6, 6.07) is 18.2. The Kier molecular flexibility index (Phi) is 6.94. The number of halogens is 2. The van der Waals surface area contributed by atoms with Crippen LogP contribution >= 0.6 is 11.6 Å². The van der Waals surface area contributed by atoms with Crippen LogP contribution < -0.4 is 10.2 Å². The van der Waals surface area contributed by atoms with E-state index in [-0.39, 0.29) is 5.69 Å². The van der Waals surface area contributed by atoms with Crippen molar-refractivity contribution in [1.82, 2.24) is 9.97 Å². The summed E-state index contributed by atoms with van der Waals surface area (Å²) in [5.41, 5.74) is 2.35. The average molecular weight is 475 g/mol. The molecule has 0 saturated carbocycles. The Morgan fingerprint density at radius 1 is 0.971 bits per heavy atom. The van der Waals surface area contributed by atoms with Gasteiger partial charge in [0, 0.05) is 28.8 Å². The molecule has 34 heavy (non-hydrogen) atoms. The molecule has 0 spiro atoms. The standard InChI is InChI=1S/C26H20ClFN4O2/c1-17-4-2-3-5-22(17)24(25(33)31-20-10-8-19(28)9-11-20)32(21-12-6-18(27)7-13-21)26(34)23-16-29-14-15-30-23/h2-16,24H,1H3,(H,31,33). The number of benzene rings is 3. The first-order valence-corrected chi connectivity index (χ1v) is 10.8. The maximum Gasteiger partial charge on any atom is 0.279 e. The summed E-state index contributed by atoms with van der Waals surface area (Å²) >= 11 is 6.08. The number of anilines is 2. The van der Waals surface area contributed by atoms with Gasteiger partial charge in [0.15, 0.2) is 0 Å². The molecule has 1 atom stereocenters. The Morgan fingerprint density at radius 2 is 1.68 bits per heavy atom. The molecule has 0 aliphatic rings. The highest BCUT2D eigenvalue weighted by molar-refractivity contribution is 6.30. The lowest BCUT2D eigenvalue weighted by molar-refractivity contribution is -0.117. The van der Waals surface area contributed by atoms with E-state index in [2.05, 4.69) is 15.3 Å². The van der Waals surface area contributed by atoms with Crippen LogP contribution in [0.2, 0.25) is 5.02 Å². The van der Waals surface area contributed by atoms with Gasteiger partial charge in [-0.05, 0) is 66.6 Å². The van der Waals surface area contributed by atoms with E-state index in [1.165, 1.54) is 47.8 Å². The highest BCUT2D eigenvalue weighted by Crippen LogP contribution is 2.32. The predicted molar refractivity (Wildman–Crippen MR) is 129 cm³/mol. The number of amides is 2. The molecule has 0 bridgehead atoms. The number of carbonyl (C=O) groups is 2. The quantitative estimate of drug-likeness (QED) is 0.394. The molecule has 2 amide bonds. The molecule has 4 aromatic rings. The third-order valence-electron chi connectivity index (χ3n) is 5.21. The zero-order valence-corrected chi connectivity index (χ0v) is 18.9. The van der Waals surface area contributed by atoms with Gasteiger partial charge in [-0.15, -0.1) is 0 Å². The van der Waals surface area contributed by atoms with E-state index in [0.717, 1.165) is 5.56 Å². The van der Waals surface area contributed by atoms with Crippen molar-refractivity contribution in [3.8, 4) is 0 Å². The molecule has 170 valence electrons. The Labute approximate surface area is 201 Å². The van der Waals surface area contributed by atoms with Crippen LogP contribution in [0.25, 0.3) is 0 Å². The van der Waals surface area contributed by atoms with E-state index in [4.69, 9.17) is 11.6 Å². The van der Waals surface area contributed by atoms with Crippen LogP contribution in [0.4, 0.5) is 15.8 Å². The zero-order valence-electron chi connectivity index (χ0n) is 18.2. The fourth-order valence-electron chi connectivity index (χ4n) is 3.55. The van der Waals surface area contributed by atoms with Gasteiger partial charge in [-0.25, -0.2) is 9.37 Å². The van der Waals surface area contributed by atoms with Gasteiger partial charge < -0.3 is 5.32 Å². The molecule has 0 aliphatic heterocycles. The van der Waals surface area contributed by atoms with E-state index in [9.17, 15) is 14.0 Å². The Hall–Kier alpha value is -4.10. The fraction of sp³-hybridized carbons (Fsp3) is 0.0769. The number of carbonyl (C=O) groups excluding carboxylic acids is 2. The number of aromatic nitrogens is 2. The van der Waals surface area contributed by atoms with Gasteiger partial charge in [-0.2, -0.15) is 0 Å². The molecule has 0 fully saturated rings. The summed E-state index contributed by atoms with van der Waals surface area (Å²) in [6.07, 6.45) is 4.22. The number of aryl methyl sites for hydroxylation is 1. The molecule has 1 aromatic heterocycles. The molecular formula is C26H20ClFN4O2. The Balaban J connectivity index is 1.85. The van der Waals surface area contributed by atoms with Crippen LogP contribution in [0.15, 0.2) is 91.4 Å². The molecule has 0 radical (unpaired) electrons. The maximum absolute atomic E-state index is 13.7. The summed E-state index contributed by atoms with van der Waals surface area (Å²) in [5.74, 6) is -1.42. The SMILES string of the molecule is Cc1ccccc1C(C(=O)Nc1ccc(F)cc1)N(C(=O)c1cnccn1)c1ccc(Cl)cc1. The van der Waals surface area contributed by atoms with Gasteiger partial charge in [0.1, 0.15) is 17.6 Å². The van der Waals surface area contributed by atoms with Crippen molar-refractivity contribution in [2.75, 3.05) is 10.2 Å². The summed E-state index contributed by atoms with van der Waals surface area (Å²) < 4.78 is 13.4. The van der Waals surface area contributed by atoms with Crippen molar-refractivity contribution in [2.45, 2.75) is 13.0 Å². The molecule has 1 unspecified atom stereocenters. The summed E-state index contributed by atoms with van der Waals surface area (Å²) in [6.45, 7) is 1.86. The van der Waals surface area contributed by atoms with Crippen molar-refractivity contribution in [2.24, 2.45) is 0 Å². The number of nitrogens with one attached hydrogen (secondary N) is 1. The van der Waals surface area contributed by atoms with Crippen LogP contribution in [0, 0.1) is 12.7 Å². The zero-order chi connectivity index (χ0) is 24.1. The summed E-state index contributed by atoms with van der Waals surface area (Å²) in [4.78, 5) is 36.9. The molecule has 1 heterocycles. The van der Waals surface area contributed by atoms with Crippen molar-refractivity contribution in [3.05, 3.63) is 119 Å². The number of hydrogen-bond acceptors (Lipinski definition) is 4. The van der Waals surface area contributed by atoms with E-state index in [1.807, 2.05) is 19.1 Å². The predicted octanol–water partition coefficient (Wildman–Crippen LogP) is 5.60. The Morgan fingerprint density at radius 3 is 2.32 bits per heavy atom. The van der Waals surface area contributed by atoms with E-state index in [0.29, 0.717) is 22.0 Å². The molecule has 3 aromatic carbocycles. The van der Waals surface area contributed by atoms with Gasteiger partial charge >= 0.3 is 0 Å². The molecule has 0 saturated heterocycles. The minimum absolute atomic E-state index is 0.0746. The second-order valence-corrected chi connectivity index (χ2v) is 7.93. The monoisotopic (exact) mass is 474 g/mol. The molecular weight excluding hydrogens is 455 g/mol. The van der Waals surface area contributed by atoms with Crippen LogP contribution in [-0.2, 0) is 4.79 Å². The second kappa shape index (κ2) is 10.2. The molecule has 6 nitrogen and oxygen atoms in total. The minimum atomic E-state index is -1.07. The lowest BCUT2D eigenvalue weighted by Crippen LogP contribution is -2.42. The van der Waals surface area contributed by atoms with Crippen LogP contribution in [0.1, 0.15) is 27.7 Å². The lowest BCUT2D eigenvalue weighted by atomic mass is 9.97. The summed E-state index contributed by atoms with van der Waals surface area (Å²) in [7, 11) is 0. The van der Waals surface area contributed by atoms with E-state index < -0.39 is 23.7 Å². The normalized spacial score (nSPS) is 11.5. The maximum atomic E-state index is 13.7. The van der Waals surface area contributed by atoms with Crippen molar-refractivity contribution < 1.29 is 14.0 Å². The summed E-state index contributed by atoms with van der Waals surface area (Å²) in [5, 5.41) is 3.29. The highest BCUT2D eigenvalue weighted by Gasteiger charge is 2.35. The lowest BCUT2D eigenvalue weighted by Gasteiger charge is -2.32. The number of nitrogens with zero attached hydrogens (tertiary/aromatic N) is 3.